The number of halogens is 1. The molecular weight excluding hydrogens is 544 g/mol. The number of thioether (sulfide) groups is 1. The molecule has 0 saturated carbocycles. The molecule has 0 amide bonds. The van der Waals surface area contributed by atoms with E-state index in [0.717, 1.165) is 26.9 Å². The summed E-state index contributed by atoms with van der Waals surface area (Å²) in [5, 5.41) is 20.2. The Morgan fingerprint density at radius 3 is 2.42 bits per heavy atom. The van der Waals surface area contributed by atoms with Crippen LogP contribution in [0.4, 0.5) is 0 Å². The lowest BCUT2D eigenvalue weighted by Crippen LogP contribution is -2.11. The Labute approximate surface area is 221 Å². The monoisotopic (exact) mass is 568 g/mol. The summed E-state index contributed by atoms with van der Waals surface area (Å²) in [5.74, 6) is 1.78. The first kappa shape index (κ1) is 25.7. The van der Waals surface area contributed by atoms with E-state index >= 15 is 0 Å². The van der Waals surface area contributed by atoms with E-state index in [-0.39, 0.29) is 11.5 Å². The summed E-state index contributed by atoms with van der Waals surface area (Å²) < 4.78 is 14.4. The van der Waals surface area contributed by atoms with Crippen LogP contribution >= 0.6 is 27.7 Å². The van der Waals surface area contributed by atoms with Gasteiger partial charge in [-0.05, 0) is 61.4 Å². The lowest BCUT2D eigenvalue weighted by atomic mass is 10.1. The van der Waals surface area contributed by atoms with Crippen molar-refractivity contribution in [3.05, 3.63) is 104 Å². The molecule has 3 aromatic carbocycles. The molecule has 1 aromatic heterocycles. The molecule has 0 aliphatic carbocycles. The van der Waals surface area contributed by atoms with E-state index in [4.69, 9.17) is 9.47 Å². The first-order valence-electron chi connectivity index (χ1n) is 11.2. The van der Waals surface area contributed by atoms with Gasteiger partial charge in [0.2, 0.25) is 6.54 Å². The van der Waals surface area contributed by atoms with Crippen molar-refractivity contribution in [2.75, 3.05) is 13.7 Å². The first-order chi connectivity index (χ1) is 17.3. The molecule has 0 saturated heterocycles. The zero-order chi connectivity index (χ0) is 25.7. The molecule has 36 heavy (non-hydrogen) atoms. The quantitative estimate of drug-likeness (QED) is 0.125. The topological polar surface area (TPSA) is 92.3 Å². The number of aromatic nitrogens is 3. The third kappa shape index (κ3) is 6.24. The molecule has 0 fully saturated rings. The fourth-order valence-corrected chi connectivity index (χ4v) is 5.06. The predicted octanol–water partition coefficient (Wildman–Crippen LogP) is 6.34. The Kier molecular flexibility index (Phi) is 8.27. The standard InChI is InChI=1S/C26H25BrN4O4S/c1-17-4-11-22(12-5-17)31-18(2)28-29-26(31)36-25(15-30(32)33)20-8-13-23(24(14-20)34-3)35-16-19-6-9-21(27)10-7-19/h4-14,25H,15-16H2,1-3H3/t25-/m1/s1. The number of nitro groups is 1. The summed E-state index contributed by atoms with van der Waals surface area (Å²) in [6.45, 7) is 3.97. The smallest absolute Gasteiger partial charge is 0.220 e. The van der Waals surface area contributed by atoms with Crippen molar-refractivity contribution in [1.29, 1.82) is 0 Å². The highest BCUT2D eigenvalue weighted by Crippen LogP contribution is 2.39. The predicted molar refractivity (Wildman–Crippen MR) is 143 cm³/mol. The third-order valence-electron chi connectivity index (χ3n) is 5.52. The summed E-state index contributed by atoms with van der Waals surface area (Å²) in [6.07, 6.45) is 0. The van der Waals surface area contributed by atoms with E-state index in [1.54, 1.807) is 19.2 Å². The first-order valence-corrected chi connectivity index (χ1v) is 12.8. The SMILES string of the molecule is COc1cc([C@@H](C[N+](=O)[O-])Sc2nnc(C)n2-c2ccc(C)cc2)ccc1OCc1ccc(Br)cc1. The van der Waals surface area contributed by atoms with Crippen molar-refractivity contribution in [2.24, 2.45) is 0 Å². The van der Waals surface area contributed by atoms with Gasteiger partial charge in [0.05, 0.1) is 7.11 Å². The van der Waals surface area contributed by atoms with Gasteiger partial charge in [0.15, 0.2) is 16.7 Å². The van der Waals surface area contributed by atoms with Crippen LogP contribution in [0.15, 0.2) is 76.4 Å². The Balaban J connectivity index is 1.59. The molecule has 10 heteroatoms. The van der Waals surface area contributed by atoms with Gasteiger partial charge in [-0.15, -0.1) is 10.2 Å². The maximum atomic E-state index is 11.6. The Morgan fingerprint density at radius 1 is 1.03 bits per heavy atom. The van der Waals surface area contributed by atoms with Crippen molar-refractivity contribution in [3.8, 4) is 17.2 Å². The lowest BCUT2D eigenvalue weighted by molar-refractivity contribution is -0.479. The van der Waals surface area contributed by atoms with Gasteiger partial charge in [0.25, 0.3) is 0 Å². The van der Waals surface area contributed by atoms with Gasteiger partial charge in [-0.1, -0.05) is 63.6 Å². The number of hydrogen-bond donors (Lipinski definition) is 0. The zero-order valence-electron chi connectivity index (χ0n) is 20.1. The fraction of sp³-hybridized carbons (Fsp3) is 0.231. The Bertz CT molecular complexity index is 1340. The van der Waals surface area contributed by atoms with Crippen LogP contribution in [0.25, 0.3) is 5.69 Å². The lowest BCUT2D eigenvalue weighted by Gasteiger charge is -2.17. The summed E-state index contributed by atoms with van der Waals surface area (Å²) in [4.78, 5) is 11.2. The van der Waals surface area contributed by atoms with Crippen molar-refractivity contribution in [1.82, 2.24) is 14.8 Å². The van der Waals surface area contributed by atoms with Crippen LogP contribution in [-0.4, -0.2) is 33.3 Å². The molecule has 1 atom stereocenters. The van der Waals surface area contributed by atoms with E-state index in [1.807, 2.05) is 73.0 Å². The van der Waals surface area contributed by atoms with Gasteiger partial charge in [0, 0.05) is 15.1 Å². The highest BCUT2D eigenvalue weighted by molar-refractivity contribution is 9.10. The largest absolute Gasteiger partial charge is 0.493 e. The minimum absolute atomic E-state index is 0.285. The minimum Gasteiger partial charge on any atom is -0.493 e. The molecule has 0 bridgehead atoms. The van der Waals surface area contributed by atoms with Gasteiger partial charge in [-0.3, -0.25) is 14.7 Å². The average Bonchev–Trinajstić information content (AvgIpc) is 3.23. The number of ether oxygens (including phenoxy) is 2. The number of nitrogens with zero attached hydrogens (tertiary/aromatic N) is 4. The van der Waals surface area contributed by atoms with Gasteiger partial charge < -0.3 is 9.47 Å². The van der Waals surface area contributed by atoms with Crippen LogP contribution in [0, 0.1) is 24.0 Å². The second kappa shape index (κ2) is 11.6. The zero-order valence-corrected chi connectivity index (χ0v) is 22.5. The average molecular weight is 569 g/mol. The van der Waals surface area contributed by atoms with Crippen molar-refractivity contribution < 1.29 is 14.4 Å². The highest BCUT2D eigenvalue weighted by Gasteiger charge is 2.25. The number of aryl methyl sites for hydroxylation is 2. The van der Waals surface area contributed by atoms with E-state index < -0.39 is 5.25 Å². The molecule has 4 rings (SSSR count). The molecule has 0 aliphatic rings. The van der Waals surface area contributed by atoms with Crippen LogP contribution in [0.2, 0.25) is 0 Å². The molecule has 0 aliphatic heterocycles. The summed E-state index contributed by atoms with van der Waals surface area (Å²) in [7, 11) is 1.55. The van der Waals surface area contributed by atoms with Crippen LogP contribution < -0.4 is 9.47 Å². The van der Waals surface area contributed by atoms with Crippen molar-refractivity contribution >= 4 is 27.7 Å². The van der Waals surface area contributed by atoms with Crippen LogP contribution in [-0.2, 0) is 6.61 Å². The van der Waals surface area contributed by atoms with Gasteiger partial charge in [-0.2, -0.15) is 0 Å². The normalized spacial score (nSPS) is 11.8. The number of methoxy groups -OCH3 is 1. The summed E-state index contributed by atoms with van der Waals surface area (Å²) in [5.41, 5.74) is 3.79. The van der Waals surface area contributed by atoms with Crippen LogP contribution in [0.3, 0.4) is 0 Å². The van der Waals surface area contributed by atoms with Crippen molar-refractivity contribution in [3.63, 3.8) is 0 Å². The molecule has 0 radical (unpaired) electrons. The second-order valence-corrected chi connectivity index (χ2v) is 10.2. The maximum Gasteiger partial charge on any atom is 0.220 e. The molecule has 8 nitrogen and oxygen atoms in total. The van der Waals surface area contributed by atoms with E-state index in [2.05, 4.69) is 26.1 Å². The van der Waals surface area contributed by atoms with Gasteiger partial charge in [0.1, 0.15) is 17.7 Å². The molecule has 186 valence electrons. The molecule has 0 N–H and O–H groups in total. The number of hydrogen-bond acceptors (Lipinski definition) is 7. The number of rotatable bonds is 10. The van der Waals surface area contributed by atoms with E-state index in [1.165, 1.54) is 11.8 Å². The summed E-state index contributed by atoms with van der Waals surface area (Å²) >= 11 is 4.73. The van der Waals surface area contributed by atoms with Crippen molar-refractivity contribution in [2.45, 2.75) is 30.9 Å². The molecule has 4 aromatic rings. The van der Waals surface area contributed by atoms with E-state index in [9.17, 15) is 10.1 Å². The summed E-state index contributed by atoms with van der Waals surface area (Å²) in [6, 6.07) is 21.3. The highest BCUT2D eigenvalue weighted by atomic mass is 79.9. The fourth-order valence-electron chi connectivity index (χ4n) is 3.63. The Hall–Kier alpha value is -3.37. The molecule has 1 heterocycles. The van der Waals surface area contributed by atoms with E-state index in [0.29, 0.717) is 29.1 Å². The maximum absolute atomic E-state index is 11.6. The Morgan fingerprint density at radius 2 is 1.75 bits per heavy atom. The molecular formula is C26H25BrN4O4S. The van der Waals surface area contributed by atoms with Crippen LogP contribution in [0.1, 0.15) is 27.8 Å². The van der Waals surface area contributed by atoms with Gasteiger partial charge >= 0.3 is 0 Å². The third-order valence-corrected chi connectivity index (χ3v) is 7.23. The minimum atomic E-state index is -0.512. The second-order valence-electron chi connectivity index (χ2n) is 8.15. The van der Waals surface area contributed by atoms with Gasteiger partial charge in [-0.25, -0.2) is 0 Å². The number of benzene rings is 3. The van der Waals surface area contributed by atoms with Crippen LogP contribution in [0.5, 0.6) is 11.5 Å². The molecule has 0 unspecified atom stereocenters. The molecule has 0 spiro atoms.